The lowest BCUT2D eigenvalue weighted by Crippen LogP contribution is -2.59. The average Bonchev–Trinajstić information content (AvgIpc) is 2.88. The van der Waals surface area contributed by atoms with Gasteiger partial charge in [-0.05, 0) is 25.8 Å². The highest BCUT2D eigenvalue weighted by molar-refractivity contribution is 6.29. The van der Waals surface area contributed by atoms with Crippen LogP contribution in [0.3, 0.4) is 0 Å². The average molecular weight is 336 g/mol. The number of rotatable bonds is 2. The third kappa shape index (κ3) is 2.93. The second-order valence-electron chi connectivity index (χ2n) is 6.92. The Bertz CT molecular complexity index is 752. The molecule has 0 unspecified atom stereocenters. The zero-order valence-electron chi connectivity index (χ0n) is 13.9. The minimum atomic E-state index is -0.239. The molecule has 1 N–H and O–H groups in total. The molecule has 23 heavy (non-hydrogen) atoms. The molecule has 0 spiro atoms. The number of halogens is 1. The maximum absolute atomic E-state index is 12.9. The number of hydrogen-bond donors (Lipinski definition) is 1. The summed E-state index contributed by atoms with van der Waals surface area (Å²) >= 11 is 6.09. The Balaban J connectivity index is 2.03. The number of piperazine rings is 1. The van der Waals surface area contributed by atoms with Crippen molar-refractivity contribution in [1.29, 1.82) is 0 Å². The lowest BCUT2D eigenvalue weighted by Gasteiger charge is -2.42. The second kappa shape index (κ2) is 5.76. The maximum Gasteiger partial charge on any atom is 0.274 e. The van der Waals surface area contributed by atoms with Gasteiger partial charge in [-0.25, -0.2) is 9.50 Å². The third-order valence-electron chi connectivity index (χ3n) is 4.31. The van der Waals surface area contributed by atoms with Gasteiger partial charge in [0.15, 0.2) is 5.65 Å². The van der Waals surface area contributed by atoms with Crippen molar-refractivity contribution in [2.75, 3.05) is 19.6 Å². The normalized spacial score (nSPS) is 17.9. The van der Waals surface area contributed by atoms with Crippen molar-refractivity contribution in [3.63, 3.8) is 0 Å². The number of carbonyl (C=O) groups excluding carboxylic acids is 1. The van der Waals surface area contributed by atoms with Crippen LogP contribution in [-0.2, 0) is 0 Å². The van der Waals surface area contributed by atoms with Crippen molar-refractivity contribution in [3.8, 4) is 0 Å². The molecule has 1 fully saturated rings. The van der Waals surface area contributed by atoms with Crippen LogP contribution < -0.4 is 5.32 Å². The molecule has 0 atom stereocenters. The largest absolute Gasteiger partial charge is 0.330 e. The first kappa shape index (κ1) is 16.2. The van der Waals surface area contributed by atoms with Gasteiger partial charge < -0.3 is 10.2 Å². The molecule has 0 aromatic carbocycles. The molecule has 0 bridgehead atoms. The molecule has 3 rings (SSSR count). The van der Waals surface area contributed by atoms with Gasteiger partial charge in [-0.3, -0.25) is 4.79 Å². The molecule has 3 heterocycles. The highest BCUT2D eigenvalue weighted by Crippen LogP contribution is 2.24. The van der Waals surface area contributed by atoms with Crippen LogP contribution in [0.15, 0.2) is 12.3 Å². The monoisotopic (exact) mass is 335 g/mol. The number of imidazole rings is 1. The first-order valence-electron chi connectivity index (χ1n) is 7.88. The number of nitrogens with one attached hydrogen (secondary N) is 1. The molecule has 2 aromatic rings. The van der Waals surface area contributed by atoms with Crippen molar-refractivity contribution in [3.05, 3.63) is 28.7 Å². The molecule has 7 heteroatoms. The van der Waals surface area contributed by atoms with E-state index in [1.54, 1.807) is 10.7 Å². The summed E-state index contributed by atoms with van der Waals surface area (Å²) in [6.45, 7) is 10.5. The number of amides is 1. The summed E-state index contributed by atoms with van der Waals surface area (Å²) in [5.74, 6) is 0.187. The minimum Gasteiger partial charge on any atom is -0.330 e. The predicted molar refractivity (Wildman–Crippen MR) is 90.1 cm³/mol. The van der Waals surface area contributed by atoms with E-state index in [1.807, 2.05) is 11.0 Å². The number of carbonyl (C=O) groups is 1. The summed E-state index contributed by atoms with van der Waals surface area (Å²) in [7, 11) is 0. The van der Waals surface area contributed by atoms with Crippen LogP contribution in [0.2, 0.25) is 5.15 Å². The fourth-order valence-corrected chi connectivity index (χ4v) is 3.19. The quantitative estimate of drug-likeness (QED) is 0.915. The molecule has 1 aliphatic rings. The second-order valence-corrected chi connectivity index (χ2v) is 7.30. The fraction of sp³-hybridized carbons (Fsp3) is 0.562. The topological polar surface area (TPSA) is 62.5 Å². The molecule has 0 aliphatic carbocycles. The lowest BCUT2D eigenvalue weighted by atomic mass is 10.00. The molecule has 124 valence electrons. The summed E-state index contributed by atoms with van der Waals surface area (Å²) in [6, 6.07) is 1.82. The Kier molecular flexibility index (Phi) is 4.06. The Morgan fingerprint density at radius 3 is 2.83 bits per heavy atom. The Morgan fingerprint density at radius 1 is 1.43 bits per heavy atom. The summed E-state index contributed by atoms with van der Waals surface area (Å²) < 4.78 is 1.61. The molecular weight excluding hydrogens is 314 g/mol. The van der Waals surface area contributed by atoms with Crippen LogP contribution in [0.1, 0.15) is 49.7 Å². The third-order valence-corrected chi connectivity index (χ3v) is 4.50. The molecule has 1 saturated heterocycles. The first-order valence-corrected chi connectivity index (χ1v) is 8.26. The van der Waals surface area contributed by atoms with Gasteiger partial charge in [-0.2, -0.15) is 5.10 Å². The van der Waals surface area contributed by atoms with Crippen molar-refractivity contribution >= 4 is 23.2 Å². The smallest absolute Gasteiger partial charge is 0.274 e. The Hall–Kier alpha value is -1.66. The number of nitrogens with zero attached hydrogens (tertiary/aromatic N) is 4. The molecule has 6 nitrogen and oxygen atoms in total. The van der Waals surface area contributed by atoms with E-state index in [1.165, 1.54) is 0 Å². The Labute approximate surface area is 140 Å². The highest BCUT2D eigenvalue weighted by atomic mass is 35.5. The number of aromatic nitrogens is 3. The van der Waals surface area contributed by atoms with Crippen molar-refractivity contribution in [2.45, 2.75) is 39.2 Å². The van der Waals surface area contributed by atoms with Crippen molar-refractivity contribution in [1.82, 2.24) is 24.8 Å². The summed E-state index contributed by atoms with van der Waals surface area (Å²) in [4.78, 5) is 19.3. The fourth-order valence-electron chi connectivity index (χ4n) is 2.99. The zero-order chi connectivity index (χ0) is 16.8. The van der Waals surface area contributed by atoms with Crippen molar-refractivity contribution < 1.29 is 4.79 Å². The molecule has 0 saturated carbocycles. The molecule has 1 aliphatic heterocycles. The molecule has 1 amide bonds. The Morgan fingerprint density at radius 2 is 2.17 bits per heavy atom. The highest BCUT2D eigenvalue weighted by Gasteiger charge is 2.34. The van der Waals surface area contributed by atoms with Crippen LogP contribution >= 0.6 is 11.6 Å². The van der Waals surface area contributed by atoms with E-state index in [4.69, 9.17) is 11.6 Å². The van der Waals surface area contributed by atoms with Gasteiger partial charge in [0.2, 0.25) is 0 Å². The van der Waals surface area contributed by atoms with Gasteiger partial charge in [0.25, 0.3) is 5.91 Å². The maximum atomic E-state index is 12.9. The van der Waals surface area contributed by atoms with Crippen LogP contribution in [0.25, 0.3) is 5.65 Å². The standard InChI is InChI=1S/C16H22ClN5O/c1-10(2)11-7-13(17)20-22-8-12(19-14(11)22)15(23)21-6-5-18-9-16(21,3)4/h7-8,10,18H,5-6,9H2,1-4H3. The van der Waals surface area contributed by atoms with E-state index in [0.717, 1.165) is 18.7 Å². The van der Waals surface area contributed by atoms with Gasteiger partial charge >= 0.3 is 0 Å². The van der Waals surface area contributed by atoms with E-state index in [9.17, 15) is 4.79 Å². The molecular formula is C16H22ClN5O. The van der Waals surface area contributed by atoms with E-state index in [0.29, 0.717) is 23.0 Å². The van der Waals surface area contributed by atoms with E-state index >= 15 is 0 Å². The van der Waals surface area contributed by atoms with Gasteiger partial charge in [-0.15, -0.1) is 0 Å². The van der Waals surface area contributed by atoms with Gasteiger partial charge in [0.05, 0.1) is 11.7 Å². The van der Waals surface area contributed by atoms with Crippen LogP contribution in [0.5, 0.6) is 0 Å². The lowest BCUT2D eigenvalue weighted by molar-refractivity contribution is 0.0472. The van der Waals surface area contributed by atoms with Crippen LogP contribution in [0, 0.1) is 0 Å². The molecule has 0 radical (unpaired) electrons. The minimum absolute atomic E-state index is 0.0622. The summed E-state index contributed by atoms with van der Waals surface area (Å²) in [6.07, 6.45) is 1.67. The zero-order valence-corrected chi connectivity index (χ0v) is 14.7. The number of hydrogen-bond acceptors (Lipinski definition) is 4. The van der Waals surface area contributed by atoms with E-state index < -0.39 is 0 Å². The van der Waals surface area contributed by atoms with E-state index in [2.05, 4.69) is 43.1 Å². The SMILES string of the molecule is CC(C)c1cc(Cl)nn2cc(C(=O)N3CCNCC3(C)C)nc12. The van der Waals surface area contributed by atoms with Gasteiger partial charge in [0, 0.05) is 25.2 Å². The van der Waals surface area contributed by atoms with Crippen LogP contribution in [-0.4, -0.2) is 50.6 Å². The van der Waals surface area contributed by atoms with Gasteiger partial charge in [-0.1, -0.05) is 25.4 Å². The van der Waals surface area contributed by atoms with E-state index in [-0.39, 0.29) is 17.4 Å². The summed E-state index contributed by atoms with van der Waals surface area (Å²) in [5, 5.41) is 7.96. The van der Waals surface area contributed by atoms with Crippen molar-refractivity contribution in [2.24, 2.45) is 0 Å². The number of fused-ring (bicyclic) bond motifs is 1. The first-order chi connectivity index (χ1) is 10.8. The molecule has 2 aromatic heterocycles. The predicted octanol–water partition coefficient (Wildman–Crippen LogP) is 2.33. The summed E-state index contributed by atoms with van der Waals surface area (Å²) in [5.41, 5.74) is 1.86. The van der Waals surface area contributed by atoms with Crippen LogP contribution in [0.4, 0.5) is 0 Å². The van der Waals surface area contributed by atoms with Gasteiger partial charge in [0.1, 0.15) is 10.8 Å².